The van der Waals surface area contributed by atoms with Crippen molar-refractivity contribution in [3.8, 4) is 0 Å². The molecule has 0 radical (unpaired) electrons. The van der Waals surface area contributed by atoms with Crippen LogP contribution < -0.4 is 10.6 Å². The molecule has 6 heteroatoms. The number of hydrogen-bond acceptors (Lipinski definition) is 2. The van der Waals surface area contributed by atoms with Gasteiger partial charge >= 0.3 is 0 Å². The molecule has 0 atom stereocenters. The predicted octanol–water partition coefficient (Wildman–Crippen LogP) is 5.02. The number of halogens is 3. The molecule has 0 aliphatic carbocycles. The summed E-state index contributed by atoms with van der Waals surface area (Å²) < 4.78 is 2.85. The van der Waals surface area contributed by atoms with Crippen molar-refractivity contribution in [2.75, 3.05) is 17.2 Å². The van der Waals surface area contributed by atoms with Crippen molar-refractivity contribution in [3.63, 3.8) is 0 Å². The van der Waals surface area contributed by atoms with Crippen LogP contribution in [0.1, 0.15) is 0 Å². The van der Waals surface area contributed by atoms with Crippen LogP contribution >= 0.6 is 47.8 Å². The van der Waals surface area contributed by atoms with E-state index < -0.39 is 0 Å². The lowest BCUT2D eigenvalue weighted by Gasteiger charge is -2.10. The first-order valence-corrected chi connectivity index (χ1v) is 8.17. The highest BCUT2D eigenvalue weighted by Gasteiger charge is 2.05. The molecule has 0 aliphatic heterocycles. The third kappa shape index (κ3) is 4.61. The summed E-state index contributed by atoms with van der Waals surface area (Å²) in [5.41, 5.74) is 1.64. The molecule has 0 unspecified atom stereocenters. The quantitative estimate of drug-likeness (QED) is 0.669. The van der Waals surface area contributed by atoms with Crippen molar-refractivity contribution in [2.45, 2.75) is 0 Å². The lowest BCUT2D eigenvalue weighted by molar-refractivity contribution is -0.114. The van der Waals surface area contributed by atoms with Gasteiger partial charge in [-0.3, -0.25) is 4.79 Å². The third-order valence-electron chi connectivity index (χ3n) is 2.50. The second-order valence-corrected chi connectivity index (χ2v) is 6.72. The second-order valence-electron chi connectivity index (χ2n) is 4.03. The van der Waals surface area contributed by atoms with Crippen molar-refractivity contribution in [1.29, 1.82) is 0 Å². The maximum Gasteiger partial charge on any atom is 0.243 e. The van der Waals surface area contributed by atoms with Crippen LogP contribution in [0.5, 0.6) is 0 Å². The molecule has 0 saturated carbocycles. The van der Waals surface area contributed by atoms with E-state index in [0.29, 0.717) is 0 Å². The van der Waals surface area contributed by atoms with E-state index in [9.17, 15) is 4.79 Å². The summed E-state index contributed by atoms with van der Waals surface area (Å²) in [5, 5.41) is 5.91. The Morgan fingerprint density at radius 3 is 2.30 bits per heavy atom. The van der Waals surface area contributed by atoms with Gasteiger partial charge in [-0.25, -0.2) is 0 Å². The molecule has 0 aliphatic rings. The van der Waals surface area contributed by atoms with E-state index in [4.69, 9.17) is 0 Å². The summed E-state index contributed by atoms with van der Waals surface area (Å²) in [6, 6.07) is 13.2. The van der Waals surface area contributed by atoms with E-state index in [-0.39, 0.29) is 12.5 Å². The minimum atomic E-state index is -0.0980. The topological polar surface area (TPSA) is 41.1 Å². The minimum Gasteiger partial charge on any atom is -0.375 e. The number of hydrogen-bond donors (Lipinski definition) is 2. The van der Waals surface area contributed by atoms with Gasteiger partial charge in [0, 0.05) is 24.8 Å². The third-order valence-corrected chi connectivity index (χ3v) is 4.21. The van der Waals surface area contributed by atoms with Crippen molar-refractivity contribution in [1.82, 2.24) is 0 Å². The van der Waals surface area contributed by atoms with Gasteiger partial charge in [0.25, 0.3) is 0 Å². The number of anilines is 2. The van der Waals surface area contributed by atoms with Gasteiger partial charge in [0.15, 0.2) is 0 Å². The molecule has 20 heavy (non-hydrogen) atoms. The molecule has 1 amide bonds. The van der Waals surface area contributed by atoms with Crippen LogP contribution in [-0.2, 0) is 4.79 Å². The molecule has 0 aromatic heterocycles. The summed E-state index contributed by atoms with van der Waals surface area (Å²) >= 11 is 10.2. The lowest BCUT2D eigenvalue weighted by atomic mass is 10.3. The number of carbonyl (C=O) groups is 1. The average Bonchev–Trinajstić information content (AvgIpc) is 2.42. The molecule has 0 heterocycles. The van der Waals surface area contributed by atoms with Crippen molar-refractivity contribution in [2.24, 2.45) is 0 Å². The molecule has 2 rings (SSSR count). The molecule has 0 saturated heterocycles. The average molecular weight is 463 g/mol. The minimum absolute atomic E-state index is 0.0980. The van der Waals surface area contributed by atoms with E-state index in [1.165, 1.54) is 0 Å². The van der Waals surface area contributed by atoms with Crippen LogP contribution in [0.4, 0.5) is 11.4 Å². The Hall–Kier alpha value is -0.850. The molecular weight excluding hydrogens is 452 g/mol. The molecule has 2 N–H and O–H groups in total. The maximum atomic E-state index is 11.9. The van der Waals surface area contributed by atoms with Gasteiger partial charge < -0.3 is 10.6 Å². The molecule has 0 bridgehead atoms. The van der Waals surface area contributed by atoms with Crippen molar-refractivity contribution < 1.29 is 4.79 Å². The van der Waals surface area contributed by atoms with E-state index in [1.807, 2.05) is 42.5 Å². The predicted molar refractivity (Wildman–Crippen MR) is 93.1 cm³/mol. The Kier molecular flexibility index (Phi) is 5.63. The standard InChI is InChI=1S/C14H11Br3N2O/c15-9-1-4-11(5-2-9)19-14(20)8-18-13-7-10(16)3-6-12(13)17/h1-7,18H,8H2,(H,19,20). The first-order valence-electron chi connectivity index (χ1n) is 5.79. The highest BCUT2D eigenvalue weighted by molar-refractivity contribution is 9.11. The molecule has 0 spiro atoms. The monoisotopic (exact) mass is 460 g/mol. The van der Waals surface area contributed by atoms with Gasteiger partial charge in [-0.2, -0.15) is 0 Å². The Morgan fingerprint density at radius 1 is 0.950 bits per heavy atom. The summed E-state index contributed by atoms with van der Waals surface area (Å²) in [5.74, 6) is -0.0980. The molecule has 2 aromatic carbocycles. The zero-order valence-corrected chi connectivity index (χ0v) is 15.0. The first kappa shape index (κ1) is 15.5. The summed E-state index contributed by atoms with van der Waals surface area (Å²) in [4.78, 5) is 11.9. The highest BCUT2D eigenvalue weighted by atomic mass is 79.9. The van der Waals surface area contributed by atoms with Crippen LogP contribution in [-0.4, -0.2) is 12.5 Å². The Bertz CT molecular complexity index is 614. The van der Waals surface area contributed by atoms with Crippen LogP contribution in [0, 0.1) is 0 Å². The highest BCUT2D eigenvalue weighted by Crippen LogP contribution is 2.25. The number of amides is 1. The maximum absolute atomic E-state index is 11.9. The molecule has 3 nitrogen and oxygen atoms in total. The van der Waals surface area contributed by atoms with Crippen molar-refractivity contribution in [3.05, 3.63) is 55.9 Å². The fourth-order valence-electron chi connectivity index (χ4n) is 1.55. The summed E-state index contributed by atoms with van der Waals surface area (Å²) in [6.07, 6.45) is 0. The number of nitrogens with one attached hydrogen (secondary N) is 2. The van der Waals surface area contributed by atoms with Gasteiger partial charge in [0.05, 0.1) is 6.54 Å². The summed E-state index contributed by atoms with van der Waals surface area (Å²) in [7, 11) is 0. The van der Waals surface area contributed by atoms with Crippen LogP contribution in [0.15, 0.2) is 55.9 Å². The molecule has 0 fully saturated rings. The lowest BCUT2D eigenvalue weighted by Crippen LogP contribution is -2.21. The van der Waals surface area contributed by atoms with Crippen LogP contribution in [0.3, 0.4) is 0 Å². The van der Waals surface area contributed by atoms with E-state index in [0.717, 1.165) is 24.8 Å². The second kappa shape index (κ2) is 7.24. The Balaban J connectivity index is 1.92. The number of carbonyl (C=O) groups excluding carboxylic acids is 1. The van der Waals surface area contributed by atoms with Gasteiger partial charge in [-0.1, -0.05) is 31.9 Å². The van der Waals surface area contributed by atoms with Gasteiger partial charge in [-0.15, -0.1) is 0 Å². The van der Waals surface area contributed by atoms with E-state index in [2.05, 4.69) is 58.4 Å². The van der Waals surface area contributed by atoms with Crippen LogP contribution in [0.25, 0.3) is 0 Å². The molecule has 104 valence electrons. The van der Waals surface area contributed by atoms with E-state index in [1.54, 1.807) is 0 Å². The zero-order chi connectivity index (χ0) is 14.5. The zero-order valence-electron chi connectivity index (χ0n) is 10.3. The van der Waals surface area contributed by atoms with Gasteiger partial charge in [0.2, 0.25) is 5.91 Å². The number of rotatable bonds is 4. The van der Waals surface area contributed by atoms with Crippen molar-refractivity contribution >= 4 is 65.1 Å². The Morgan fingerprint density at radius 2 is 1.60 bits per heavy atom. The summed E-state index contributed by atoms with van der Waals surface area (Å²) in [6.45, 7) is 0.200. The largest absolute Gasteiger partial charge is 0.375 e. The fraction of sp³-hybridized carbons (Fsp3) is 0.0714. The van der Waals surface area contributed by atoms with Gasteiger partial charge in [-0.05, 0) is 58.4 Å². The molecular formula is C14H11Br3N2O. The first-order chi connectivity index (χ1) is 9.54. The van der Waals surface area contributed by atoms with E-state index >= 15 is 0 Å². The van der Waals surface area contributed by atoms with Gasteiger partial charge in [0.1, 0.15) is 0 Å². The smallest absolute Gasteiger partial charge is 0.243 e. The number of benzene rings is 2. The normalized spacial score (nSPS) is 10.2. The Labute approximate surface area is 142 Å². The van der Waals surface area contributed by atoms with Crippen LogP contribution in [0.2, 0.25) is 0 Å². The SMILES string of the molecule is O=C(CNc1cc(Br)ccc1Br)Nc1ccc(Br)cc1. The fourth-order valence-corrected chi connectivity index (χ4v) is 2.56. The molecule has 2 aromatic rings.